The highest BCUT2D eigenvalue weighted by Gasteiger charge is 2.89. The molecule has 3 heterocycles. The number of furan rings is 1. The number of ketones is 1. The summed E-state index contributed by atoms with van der Waals surface area (Å²) in [5.41, 5.74) is -3.40. The number of carbonyl (C=O) groups excluding carboxylic acids is 3. The number of epoxide rings is 1. The molecule has 0 bridgehead atoms. The molecule has 0 aromatic carbocycles. The van der Waals surface area contributed by atoms with Crippen LogP contribution in [0, 0.1) is 33.5 Å². The molecule has 36 heavy (non-hydrogen) atoms. The molecule has 2 saturated heterocycles. The summed E-state index contributed by atoms with van der Waals surface area (Å²) in [4.78, 5) is 38.7. The molecule has 1 aromatic heterocycles. The smallest absolute Gasteiger partial charge is 0.339 e. The van der Waals surface area contributed by atoms with Crippen molar-refractivity contribution in [1.29, 1.82) is 0 Å². The first kappa shape index (κ1) is 23.9. The SMILES string of the molecule is CC(=O)O[C@@H]1C[C@H]2C(C)(C)C(=O)C=C[C@]2(C)[C@H]2[C@H](O)C[C@@]3(C)[C@H](c4ccoc4)OC(=O)[C@H]4O[C@]43[C@@]21C. The summed E-state index contributed by atoms with van der Waals surface area (Å²) in [7, 11) is 0. The number of hydrogen-bond donors (Lipinski definition) is 1. The first-order valence-electron chi connectivity index (χ1n) is 12.7. The van der Waals surface area contributed by atoms with Crippen LogP contribution in [-0.4, -0.2) is 46.7 Å². The van der Waals surface area contributed by atoms with Gasteiger partial charge in [0.25, 0.3) is 0 Å². The van der Waals surface area contributed by atoms with Gasteiger partial charge in [0.2, 0.25) is 0 Å². The summed E-state index contributed by atoms with van der Waals surface area (Å²) >= 11 is 0. The fourth-order valence-electron chi connectivity index (χ4n) is 9.36. The van der Waals surface area contributed by atoms with Gasteiger partial charge in [-0.25, -0.2) is 4.79 Å². The van der Waals surface area contributed by atoms with Gasteiger partial charge >= 0.3 is 11.9 Å². The molecule has 5 aliphatic rings. The van der Waals surface area contributed by atoms with Crippen LogP contribution in [0.1, 0.15) is 66.1 Å². The van der Waals surface area contributed by atoms with E-state index in [9.17, 15) is 19.5 Å². The molecule has 0 radical (unpaired) electrons. The number of allylic oxidation sites excluding steroid dienone is 2. The molecule has 10 atom stereocenters. The number of esters is 2. The molecular weight excluding hydrogens is 464 g/mol. The van der Waals surface area contributed by atoms with Crippen molar-refractivity contribution in [3.8, 4) is 0 Å². The van der Waals surface area contributed by atoms with Crippen LogP contribution in [0.3, 0.4) is 0 Å². The quantitative estimate of drug-likeness (QED) is 0.486. The molecule has 6 rings (SSSR count). The molecule has 1 spiro atoms. The molecule has 4 fully saturated rings. The van der Waals surface area contributed by atoms with Crippen molar-refractivity contribution < 1.29 is 38.1 Å². The second kappa shape index (κ2) is 6.90. The number of aliphatic hydroxyl groups excluding tert-OH is 1. The minimum atomic E-state index is -1.03. The number of cyclic esters (lactones) is 1. The second-order valence-corrected chi connectivity index (χ2v) is 12.7. The number of aliphatic hydroxyl groups is 1. The number of ether oxygens (including phenoxy) is 3. The highest BCUT2D eigenvalue weighted by atomic mass is 16.7. The van der Waals surface area contributed by atoms with E-state index in [-0.39, 0.29) is 11.7 Å². The normalized spacial score (nSPS) is 50.2. The van der Waals surface area contributed by atoms with Gasteiger partial charge in [-0.05, 0) is 36.3 Å². The third-order valence-corrected chi connectivity index (χ3v) is 10.7. The molecule has 2 saturated carbocycles. The summed E-state index contributed by atoms with van der Waals surface area (Å²) in [6.07, 6.45) is 4.35. The summed E-state index contributed by atoms with van der Waals surface area (Å²) in [6.45, 7) is 11.3. The van der Waals surface area contributed by atoms with Crippen molar-refractivity contribution in [3.63, 3.8) is 0 Å². The van der Waals surface area contributed by atoms with E-state index in [1.807, 2.05) is 33.8 Å². The number of carbonyl (C=O) groups is 3. The Balaban J connectivity index is 1.59. The van der Waals surface area contributed by atoms with Crippen molar-refractivity contribution in [1.82, 2.24) is 0 Å². The zero-order valence-corrected chi connectivity index (χ0v) is 21.6. The molecule has 194 valence electrons. The maximum atomic E-state index is 13.3. The molecular formula is C28H34O8. The Hall–Kier alpha value is -2.45. The van der Waals surface area contributed by atoms with Crippen molar-refractivity contribution in [2.75, 3.05) is 0 Å². The fourth-order valence-corrected chi connectivity index (χ4v) is 9.36. The molecule has 0 unspecified atom stereocenters. The van der Waals surface area contributed by atoms with Crippen LogP contribution in [0.15, 0.2) is 35.2 Å². The van der Waals surface area contributed by atoms with Crippen molar-refractivity contribution in [2.24, 2.45) is 33.5 Å². The van der Waals surface area contributed by atoms with E-state index in [0.29, 0.717) is 18.4 Å². The van der Waals surface area contributed by atoms with Crippen molar-refractivity contribution >= 4 is 17.7 Å². The maximum Gasteiger partial charge on any atom is 0.339 e. The third kappa shape index (κ3) is 2.50. The standard InChI is InChI=1S/C28H34O8/c1-14(29)34-19-11-17-24(2,3)18(31)7-9-25(17,4)20-16(30)12-26(5)21(15-8-10-33-13-15)35-23(32)22-28(26,36-22)27(19,20)6/h7-10,13,16-17,19-22,30H,11-12H2,1-6H3/t16-,17+,19-,20-,21+,22-,25+,26+,27-,28-/m1/s1. The van der Waals surface area contributed by atoms with Crippen molar-refractivity contribution in [3.05, 3.63) is 36.3 Å². The molecule has 8 nitrogen and oxygen atoms in total. The van der Waals surface area contributed by atoms with Gasteiger partial charge in [0, 0.05) is 34.7 Å². The first-order valence-corrected chi connectivity index (χ1v) is 12.7. The first-order chi connectivity index (χ1) is 16.7. The van der Waals surface area contributed by atoms with Crippen LogP contribution in [0.5, 0.6) is 0 Å². The predicted octanol–water partition coefficient (Wildman–Crippen LogP) is 3.53. The largest absolute Gasteiger partial charge is 0.472 e. The van der Waals surface area contributed by atoms with Gasteiger partial charge in [0.1, 0.15) is 17.8 Å². The van der Waals surface area contributed by atoms with Gasteiger partial charge in [-0.2, -0.15) is 0 Å². The van der Waals surface area contributed by atoms with Gasteiger partial charge in [0.15, 0.2) is 11.9 Å². The Bertz CT molecular complexity index is 1180. The number of hydrogen-bond acceptors (Lipinski definition) is 8. The summed E-state index contributed by atoms with van der Waals surface area (Å²) < 4.78 is 23.7. The summed E-state index contributed by atoms with van der Waals surface area (Å²) in [5, 5.41) is 12.0. The molecule has 1 N–H and O–H groups in total. The lowest BCUT2D eigenvalue weighted by Gasteiger charge is -2.69. The fraction of sp³-hybridized carbons (Fsp3) is 0.679. The number of fused-ring (bicyclic) bond motifs is 3. The monoisotopic (exact) mass is 498 g/mol. The Morgan fingerprint density at radius 1 is 1.14 bits per heavy atom. The average Bonchev–Trinajstić information content (AvgIpc) is 3.36. The maximum absolute atomic E-state index is 13.3. The van der Waals surface area contributed by atoms with Crippen molar-refractivity contribution in [2.45, 2.75) is 84.4 Å². The lowest BCUT2D eigenvalue weighted by molar-refractivity contribution is -0.277. The Labute approximate surface area is 210 Å². The molecule has 8 heteroatoms. The van der Waals surface area contributed by atoms with Gasteiger partial charge in [-0.3, -0.25) is 9.59 Å². The number of rotatable bonds is 2. The minimum absolute atomic E-state index is 0.0188. The molecule has 1 aromatic rings. The third-order valence-electron chi connectivity index (χ3n) is 10.7. The second-order valence-electron chi connectivity index (χ2n) is 12.7. The molecule has 0 amide bonds. The lowest BCUT2D eigenvalue weighted by atomic mass is 9.35. The van der Waals surface area contributed by atoms with E-state index in [1.165, 1.54) is 13.2 Å². The van der Waals surface area contributed by atoms with Crippen LogP contribution < -0.4 is 0 Å². The highest BCUT2D eigenvalue weighted by molar-refractivity contribution is 5.96. The van der Waals surface area contributed by atoms with E-state index >= 15 is 0 Å². The van der Waals surface area contributed by atoms with Gasteiger partial charge in [-0.15, -0.1) is 0 Å². The van der Waals surface area contributed by atoms with Crippen LogP contribution >= 0.6 is 0 Å². The Kier molecular flexibility index (Phi) is 4.58. The highest BCUT2D eigenvalue weighted by Crippen LogP contribution is 2.79. The molecule has 3 aliphatic carbocycles. The van der Waals surface area contributed by atoms with E-state index in [4.69, 9.17) is 18.6 Å². The topological polar surface area (TPSA) is 116 Å². The average molecular weight is 499 g/mol. The van der Waals surface area contributed by atoms with Crippen LogP contribution in [0.25, 0.3) is 0 Å². The zero-order valence-electron chi connectivity index (χ0n) is 21.6. The van der Waals surface area contributed by atoms with Gasteiger partial charge in [-0.1, -0.05) is 40.7 Å². The zero-order chi connectivity index (χ0) is 26.1. The summed E-state index contributed by atoms with van der Waals surface area (Å²) in [5.74, 6) is -1.51. The summed E-state index contributed by atoms with van der Waals surface area (Å²) in [6, 6.07) is 1.76. The van der Waals surface area contributed by atoms with Crippen LogP contribution in [0.2, 0.25) is 0 Å². The minimum Gasteiger partial charge on any atom is -0.472 e. The predicted molar refractivity (Wildman–Crippen MR) is 125 cm³/mol. The van der Waals surface area contributed by atoms with Gasteiger partial charge in [0.05, 0.1) is 18.6 Å². The Morgan fingerprint density at radius 2 is 1.86 bits per heavy atom. The van der Waals surface area contributed by atoms with E-state index in [1.54, 1.807) is 18.4 Å². The van der Waals surface area contributed by atoms with Crippen LogP contribution in [0.4, 0.5) is 0 Å². The van der Waals surface area contributed by atoms with E-state index in [0.717, 1.165) is 0 Å². The molecule has 2 aliphatic heterocycles. The van der Waals surface area contributed by atoms with Gasteiger partial charge < -0.3 is 23.7 Å². The van der Waals surface area contributed by atoms with E-state index < -0.39 is 69.5 Å². The van der Waals surface area contributed by atoms with Crippen LogP contribution in [-0.2, 0) is 28.6 Å². The van der Waals surface area contributed by atoms with E-state index in [2.05, 4.69) is 6.92 Å². The lowest BCUT2D eigenvalue weighted by Crippen LogP contribution is -2.75. The Morgan fingerprint density at radius 3 is 2.50 bits per heavy atom.